The van der Waals surface area contributed by atoms with Gasteiger partial charge in [0.2, 0.25) is 18.2 Å². The summed E-state index contributed by atoms with van der Waals surface area (Å²) >= 11 is 0. The van der Waals surface area contributed by atoms with E-state index in [0.29, 0.717) is 72.2 Å². The molecule has 2 saturated heterocycles. The number of aliphatic hydroxyl groups excluding tert-OH is 1. The molecule has 58 heavy (non-hydrogen) atoms. The first kappa shape index (κ1) is 38.2. The Hall–Kier alpha value is -6.66. The maximum Gasteiger partial charge on any atom is 0.275 e. The zero-order valence-electron chi connectivity index (χ0n) is 31.6. The van der Waals surface area contributed by atoms with E-state index in [9.17, 15) is 34.5 Å². The molecule has 8 rings (SSSR count). The average molecular weight is 793 g/mol. The molecule has 2 fully saturated rings. The van der Waals surface area contributed by atoms with Gasteiger partial charge in [-0.25, -0.2) is 14.4 Å². The van der Waals surface area contributed by atoms with Crippen LogP contribution in [0.4, 0.5) is 21.6 Å². The highest BCUT2D eigenvalue weighted by Crippen LogP contribution is 2.36. The largest absolute Gasteiger partial charge is 0.508 e. The maximum absolute atomic E-state index is 15.6. The van der Waals surface area contributed by atoms with Crippen LogP contribution in [0.25, 0.3) is 0 Å². The molecular formula is C40H41FN10O7. The minimum absolute atomic E-state index is 0.0549. The molecule has 0 spiro atoms. The molecule has 300 valence electrons. The molecule has 0 saturated carbocycles. The summed E-state index contributed by atoms with van der Waals surface area (Å²) in [6.07, 6.45) is 1.96. The van der Waals surface area contributed by atoms with Gasteiger partial charge in [-0.05, 0) is 48.2 Å². The van der Waals surface area contributed by atoms with Crippen molar-refractivity contribution in [1.82, 2.24) is 30.5 Å². The number of anilines is 3. The molecule has 5 heterocycles. The van der Waals surface area contributed by atoms with Crippen molar-refractivity contribution in [2.75, 3.05) is 41.3 Å². The lowest BCUT2D eigenvalue weighted by atomic mass is 9.98. The Labute approximate surface area is 331 Å². The molecule has 4 aromatic rings. The summed E-state index contributed by atoms with van der Waals surface area (Å²) < 4.78 is 15.6. The van der Waals surface area contributed by atoms with Crippen molar-refractivity contribution in [1.29, 1.82) is 0 Å². The molecule has 18 heteroatoms. The Kier molecular flexibility index (Phi) is 10.1. The van der Waals surface area contributed by atoms with Gasteiger partial charge in [-0.1, -0.05) is 26.0 Å². The Bertz CT molecular complexity index is 2350. The molecule has 0 aliphatic carbocycles. The van der Waals surface area contributed by atoms with E-state index >= 15 is 4.39 Å². The zero-order chi connectivity index (χ0) is 40.8. The fourth-order valence-electron chi connectivity index (χ4n) is 7.72. The lowest BCUT2D eigenvalue weighted by molar-refractivity contribution is -0.136. The van der Waals surface area contributed by atoms with Crippen molar-refractivity contribution < 1.29 is 38.9 Å². The van der Waals surface area contributed by atoms with Crippen molar-refractivity contribution in [3.8, 4) is 11.5 Å². The summed E-state index contributed by atoms with van der Waals surface area (Å²) in [5, 5.41) is 41.0. The van der Waals surface area contributed by atoms with Gasteiger partial charge in [0.15, 0.2) is 5.84 Å². The summed E-state index contributed by atoms with van der Waals surface area (Å²) in [4.78, 5) is 66.3. The van der Waals surface area contributed by atoms with Gasteiger partial charge < -0.3 is 30.4 Å². The number of fused-ring (bicyclic) bond motifs is 1. The van der Waals surface area contributed by atoms with Crippen LogP contribution in [0.1, 0.15) is 75.7 Å². The highest BCUT2D eigenvalue weighted by atomic mass is 19.1. The number of halogens is 1. The first-order chi connectivity index (χ1) is 27.9. The van der Waals surface area contributed by atoms with Gasteiger partial charge >= 0.3 is 0 Å². The van der Waals surface area contributed by atoms with Crippen LogP contribution in [0.5, 0.6) is 11.5 Å². The summed E-state index contributed by atoms with van der Waals surface area (Å²) in [5.74, 6) is -1.83. The van der Waals surface area contributed by atoms with Gasteiger partial charge in [0, 0.05) is 79.8 Å². The van der Waals surface area contributed by atoms with E-state index in [-0.39, 0.29) is 65.7 Å². The average Bonchev–Trinajstić information content (AvgIpc) is 3.75. The summed E-state index contributed by atoms with van der Waals surface area (Å²) in [5.41, 5.74) is 5.62. The highest BCUT2D eigenvalue weighted by Gasteiger charge is 2.40. The van der Waals surface area contributed by atoms with E-state index in [2.05, 4.69) is 36.0 Å². The van der Waals surface area contributed by atoms with Crippen molar-refractivity contribution >= 4 is 46.7 Å². The number of phenols is 2. The van der Waals surface area contributed by atoms with E-state index in [0.717, 1.165) is 0 Å². The van der Waals surface area contributed by atoms with Gasteiger partial charge in [-0.2, -0.15) is 5.10 Å². The molecule has 4 amide bonds. The highest BCUT2D eigenvalue weighted by molar-refractivity contribution is 6.13. The van der Waals surface area contributed by atoms with Gasteiger partial charge in [-0.15, -0.1) is 0 Å². The molecular weight excluding hydrogens is 752 g/mol. The Morgan fingerprint density at radius 3 is 2.48 bits per heavy atom. The zero-order valence-corrected chi connectivity index (χ0v) is 31.6. The van der Waals surface area contributed by atoms with E-state index in [1.54, 1.807) is 36.4 Å². The van der Waals surface area contributed by atoms with Crippen LogP contribution in [-0.2, 0) is 22.7 Å². The quantitative estimate of drug-likeness (QED) is 0.135. The second-order valence-corrected chi connectivity index (χ2v) is 14.9. The van der Waals surface area contributed by atoms with Crippen LogP contribution >= 0.6 is 0 Å². The number of piperidine rings is 1. The van der Waals surface area contributed by atoms with E-state index in [1.807, 2.05) is 18.7 Å². The van der Waals surface area contributed by atoms with Crippen LogP contribution in [-0.4, -0.2) is 103 Å². The smallest absolute Gasteiger partial charge is 0.275 e. The number of benzene rings is 3. The number of carbonyl (C=O) groups excluding carboxylic acids is 4. The topological polar surface area (TPSA) is 216 Å². The number of nitrogens with zero attached hydrogens (tertiary/aromatic N) is 7. The molecule has 0 radical (unpaired) electrons. The molecule has 2 unspecified atom stereocenters. The number of aliphatic hydroxyl groups is 1. The van der Waals surface area contributed by atoms with Gasteiger partial charge in [0.25, 0.3) is 11.8 Å². The third-order valence-electron chi connectivity index (χ3n) is 10.9. The second kappa shape index (κ2) is 15.4. The molecule has 4 aliphatic heterocycles. The molecule has 0 bridgehead atoms. The predicted octanol–water partition coefficient (Wildman–Crippen LogP) is 2.53. The minimum Gasteiger partial charge on any atom is -0.508 e. The normalized spacial score (nSPS) is 19.6. The van der Waals surface area contributed by atoms with Crippen LogP contribution in [0.2, 0.25) is 0 Å². The first-order valence-electron chi connectivity index (χ1n) is 18.9. The number of amidine groups is 1. The van der Waals surface area contributed by atoms with Crippen molar-refractivity contribution in [3.05, 3.63) is 100 Å². The minimum atomic E-state index is -1.31. The van der Waals surface area contributed by atoms with E-state index in [4.69, 9.17) is 0 Å². The van der Waals surface area contributed by atoms with Crippen molar-refractivity contribution in [2.24, 2.45) is 5.10 Å². The van der Waals surface area contributed by atoms with Crippen molar-refractivity contribution in [2.45, 2.75) is 58.1 Å². The van der Waals surface area contributed by atoms with Gasteiger partial charge in [0.1, 0.15) is 34.9 Å². The number of hydrogen-bond acceptors (Lipinski definition) is 14. The van der Waals surface area contributed by atoms with Crippen LogP contribution in [0.3, 0.4) is 0 Å². The molecule has 4 aliphatic rings. The third-order valence-corrected chi connectivity index (χ3v) is 10.9. The number of amides is 4. The number of imide groups is 1. The maximum atomic E-state index is 15.6. The summed E-state index contributed by atoms with van der Waals surface area (Å²) in [6.45, 7) is 6.59. The number of aromatic hydroxyl groups is 2. The molecule has 17 nitrogen and oxygen atoms in total. The van der Waals surface area contributed by atoms with Gasteiger partial charge in [0.05, 0.1) is 18.0 Å². The number of piperazine rings is 1. The fraction of sp³-hybridized carbons (Fsp3) is 0.325. The van der Waals surface area contributed by atoms with Crippen LogP contribution in [0.15, 0.2) is 66.0 Å². The van der Waals surface area contributed by atoms with Gasteiger partial charge in [-0.3, -0.25) is 39.7 Å². The molecule has 1 aromatic heterocycles. The number of hydrogen-bond donors (Lipinski definition) is 6. The first-order valence-corrected chi connectivity index (χ1v) is 18.9. The fourth-order valence-corrected chi connectivity index (χ4v) is 7.72. The number of hydrazone groups is 1. The predicted molar refractivity (Wildman–Crippen MR) is 208 cm³/mol. The lowest BCUT2D eigenvalue weighted by Crippen LogP contribution is -2.52. The Balaban J connectivity index is 0.867. The SMILES string of the molecule is CC(C)c1cc(C2=NNC(O)N2c2ccc(CN3CCN(c4cnc(C(=O)Nc5cccc6c5CN(C5CCC(=O)NC5=O)C6=O)cn4)CC3)c(F)c2)c(O)cc1O. The number of phenolic OH excluding ortho intramolecular Hbond substituents is 2. The summed E-state index contributed by atoms with van der Waals surface area (Å²) in [6, 6.07) is 11.7. The number of carbonyl (C=O) groups is 4. The standard InChI is InChI=1S/C40H41FN10O7/c1-21(2)25-15-26(33(53)16-32(25)52)36-46-47-40(58)51(36)23-7-6-22(28(41)14-23)19-48-10-12-49(13-11-48)34-18-42-30(17-43-34)37(55)44-29-5-3-4-24-27(29)20-50(39(24)57)31-8-9-35(54)45-38(31)56/h3-7,14-18,21,31,40,47,52-53,58H,8-13,19-20H2,1-2H3,(H,44,55)(H,45,54,56). The second-order valence-electron chi connectivity index (χ2n) is 14.9. The van der Waals surface area contributed by atoms with E-state index < -0.39 is 30.0 Å². The number of nitrogens with one attached hydrogen (secondary N) is 3. The lowest BCUT2D eigenvalue weighted by Gasteiger charge is -2.35. The van der Waals surface area contributed by atoms with Crippen LogP contribution < -0.4 is 25.9 Å². The Morgan fingerprint density at radius 1 is 0.983 bits per heavy atom. The Morgan fingerprint density at radius 2 is 1.78 bits per heavy atom. The molecule has 2 atom stereocenters. The molecule has 3 aromatic carbocycles. The number of rotatable bonds is 9. The third kappa shape index (κ3) is 7.22. The van der Waals surface area contributed by atoms with Crippen LogP contribution in [0, 0.1) is 5.82 Å². The monoisotopic (exact) mass is 792 g/mol. The van der Waals surface area contributed by atoms with E-state index in [1.165, 1.54) is 34.3 Å². The molecule has 6 N–H and O–H groups in total. The summed E-state index contributed by atoms with van der Waals surface area (Å²) in [7, 11) is 0. The van der Waals surface area contributed by atoms with Crippen molar-refractivity contribution in [3.63, 3.8) is 0 Å². The number of aromatic nitrogens is 2.